The molecule has 0 saturated carbocycles. The van der Waals surface area contributed by atoms with Gasteiger partial charge in [-0.3, -0.25) is 0 Å². The molecular weight excluding hydrogens is 274 g/mol. The summed E-state index contributed by atoms with van der Waals surface area (Å²) >= 11 is 0. The van der Waals surface area contributed by atoms with Crippen LogP contribution in [0.5, 0.6) is 5.75 Å². The highest BCUT2D eigenvalue weighted by atomic mass is 16.5. The molecule has 1 N–H and O–H groups in total. The van der Waals surface area contributed by atoms with E-state index in [0.717, 1.165) is 47.2 Å². The molecule has 0 bridgehead atoms. The van der Waals surface area contributed by atoms with Crippen molar-refractivity contribution < 1.29 is 4.74 Å². The van der Waals surface area contributed by atoms with Crippen LogP contribution < -0.4 is 10.1 Å². The van der Waals surface area contributed by atoms with Gasteiger partial charge in [-0.2, -0.15) is 0 Å². The number of benzene rings is 1. The molecule has 1 fully saturated rings. The van der Waals surface area contributed by atoms with E-state index >= 15 is 0 Å². The monoisotopic (exact) mass is 297 g/mol. The number of nitrogens with zero attached hydrogens (tertiary/aromatic N) is 2. The normalized spacial score (nSPS) is 17.7. The number of hydrogen-bond donors (Lipinski definition) is 1. The molecule has 1 saturated heterocycles. The van der Waals surface area contributed by atoms with Gasteiger partial charge in [0.05, 0.1) is 0 Å². The second kappa shape index (κ2) is 6.44. The minimum Gasteiger partial charge on any atom is -0.492 e. The fourth-order valence-corrected chi connectivity index (χ4v) is 2.70. The maximum absolute atomic E-state index is 5.84. The SMILES string of the molecule is Cc1nc(-c2ccc(OCC3CCCN3)cc2)nc(C)c1C. The summed E-state index contributed by atoms with van der Waals surface area (Å²) < 4.78 is 5.84. The maximum atomic E-state index is 5.84. The van der Waals surface area contributed by atoms with Gasteiger partial charge >= 0.3 is 0 Å². The Labute approximate surface area is 132 Å². The van der Waals surface area contributed by atoms with Gasteiger partial charge in [-0.25, -0.2) is 9.97 Å². The minimum absolute atomic E-state index is 0.491. The molecule has 22 heavy (non-hydrogen) atoms. The van der Waals surface area contributed by atoms with E-state index in [1.165, 1.54) is 12.8 Å². The van der Waals surface area contributed by atoms with Crippen molar-refractivity contribution in [2.75, 3.05) is 13.2 Å². The summed E-state index contributed by atoms with van der Waals surface area (Å²) in [5.74, 6) is 1.68. The summed E-state index contributed by atoms with van der Waals surface area (Å²) in [6, 6.07) is 8.54. The number of rotatable bonds is 4. The van der Waals surface area contributed by atoms with Crippen molar-refractivity contribution in [2.45, 2.75) is 39.7 Å². The Bertz CT molecular complexity index is 623. The molecular formula is C18H23N3O. The first-order chi connectivity index (χ1) is 10.6. The van der Waals surface area contributed by atoms with Crippen LogP contribution in [0.1, 0.15) is 29.8 Å². The summed E-state index contributed by atoms with van der Waals surface area (Å²) in [4.78, 5) is 9.16. The zero-order valence-electron chi connectivity index (χ0n) is 13.5. The summed E-state index contributed by atoms with van der Waals surface area (Å²) in [7, 11) is 0. The van der Waals surface area contributed by atoms with Gasteiger partial charge in [-0.05, 0) is 70.0 Å². The highest BCUT2D eigenvalue weighted by Crippen LogP contribution is 2.22. The van der Waals surface area contributed by atoms with E-state index < -0.39 is 0 Å². The number of aromatic nitrogens is 2. The fourth-order valence-electron chi connectivity index (χ4n) is 2.70. The van der Waals surface area contributed by atoms with E-state index in [9.17, 15) is 0 Å². The Kier molecular flexibility index (Phi) is 4.39. The van der Waals surface area contributed by atoms with Gasteiger partial charge in [0.15, 0.2) is 5.82 Å². The summed E-state index contributed by atoms with van der Waals surface area (Å²) in [5, 5.41) is 3.44. The van der Waals surface area contributed by atoms with Crippen LogP contribution in [0.2, 0.25) is 0 Å². The Morgan fingerprint density at radius 3 is 2.36 bits per heavy atom. The summed E-state index contributed by atoms with van der Waals surface area (Å²) in [5.41, 5.74) is 4.26. The topological polar surface area (TPSA) is 47.0 Å². The van der Waals surface area contributed by atoms with Crippen LogP contribution >= 0.6 is 0 Å². The predicted molar refractivity (Wildman–Crippen MR) is 88.2 cm³/mol. The van der Waals surface area contributed by atoms with Crippen LogP contribution in [-0.4, -0.2) is 29.2 Å². The number of nitrogens with one attached hydrogen (secondary N) is 1. The third-order valence-corrected chi connectivity index (χ3v) is 4.36. The van der Waals surface area contributed by atoms with Gasteiger partial charge in [-0.1, -0.05) is 0 Å². The van der Waals surface area contributed by atoms with Gasteiger partial charge in [0.1, 0.15) is 12.4 Å². The molecule has 1 atom stereocenters. The molecule has 4 heteroatoms. The molecule has 1 aliphatic heterocycles. The lowest BCUT2D eigenvalue weighted by atomic mass is 10.1. The standard InChI is InChI=1S/C18H23N3O/c1-12-13(2)20-18(21-14(12)3)15-6-8-17(9-7-15)22-11-16-5-4-10-19-16/h6-9,16,19H,4-5,10-11H2,1-3H3. The highest BCUT2D eigenvalue weighted by molar-refractivity contribution is 5.57. The van der Waals surface area contributed by atoms with Crippen molar-refractivity contribution in [1.82, 2.24) is 15.3 Å². The molecule has 116 valence electrons. The Balaban J connectivity index is 1.70. The lowest BCUT2D eigenvalue weighted by molar-refractivity contribution is 0.277. The average Bonchev–Trinajstić information content (AvgIpc) is 3.04. The lowest BCUT2D eigenvalue weighted by Crippen LogP contribution is -2.28. The minimum atomic E-state index is 0.491. The quantitative estimate of drug-likeness (QED) is 0.941. The number of hydrogen-bond acceptors (Lipinski definition) is 4. The highest BCUT2D eigenvalue weighted by Gasteiger charge is 2.14. The second-order valence-electron chi connectivity index (χ2n) is 5.97. The van der Waals surface area contributed by atoms with Crippen molar-refractivity contribution in [3.63, 3.8) is 0 Å². The smallest absolute Gasteiger partial charge is 0.159 e. The zero-order chi connectivity index (χ0) is 15.5. The molecule has 0 spiro atoms. The number of ether oxygens (including phenoxy) is 1. The molecule has 0 radical (unpaired) electrons. The zero-order valence-corrected chi connectivity index (χ0v) is 13.5. The molecule has 4 nitrogen and oxygen atoms in total. The van der Waals surface area contributed by atoms with Crippen molar-refractivity contribution in [1.29, 1.82) is 0 Å². The first-order valence-electron chi connectivity index (χ1n) is 7.92. The van der Waals surface area contributed by atoms with Crippen molar-refractivity contribution in [3.05, 3.63) is 41.2 Å². The molecule has 1 unspecified atom stereocenters. The Morgan fingerprint density at radius 2 is 1.77 bits per heavy atom. The van der Waals surface area contributed by atoms with E-state index in [4.69, 9.17) is 4.74 Å². The summed E-state index contributed by atoms with van der Waals surface area (Å²) in [6.45, 7) is 7.96. The van der Waals surface area contributed by atoms with E-state index in [1.54, 1.807) is 0 Å². The average molecular weight is 297 g/mol. The van der Waals surface area contributed by atoms with Gasteiger partial charge in [0.2, 0.25) is 0 Å². The molecule has 1 aliphatic rings. The molecule has 2 aromatic rings. The van der Waals surface area contributed by atoms with E-state index in [0.29, 0.717) is 6.04 Å². The predicted octanol–water partition coefficient (Wildman–Crippen LogP) is 3.20. The van der Waals surface area contributed by atoms with Crippen LogP contribution in [0.15, 0.2) is 24.3 Å². The Morgan fingerprint density at radius 1 is 1.09 bits per heavy atom. The molecule has 3 rings (SSSR count). The van der Waals surface area contributed by atoms with Crippen molar-refractivity contribution in [2.24, 2.45) is 0 Å². The maximum Gasteiger partial charge on any atom is 0.159 e. The molecule has 1 aromatic heterocycles. The lowest BCUT2D eigenvalue weighted by Gasteiger charge is -2.12. The Hall–Kier alpha value is -1.94. The summed E-state index contributed by atoms with van der Waals surface area (Å²) in [6.07, 6.45) is 2.45. The first-order valence-corrected chi connectivity index (χ1v) is 7.92. The third kappa shape index (κ3) is 3.28. The fraction of sp³-hybridized carbons (Fsp3) is 0.444. The van der Waals surface area contributed by atoms with Gasteiger partial charge in [0.25, 0.3) is 0 Å². The largest absolute Gasteiger partial charge is 0.492 e. The number of aryl methyl sites for hydroxylation is 2. The second-order valence-corrected chi connectivity index (χ2v) is 5.97. The molecule has 0 amide bonds. The molecule has 2 heterocycles. The van der Waals surface area contributed by atoms with Crippen LogP contribution in [0.4, 0.5) is 0 Å². The first kappa shape index (κ1) is 15.0. The van der Waals surface area contributed by atoms with Gasteiger partial charge in [0, 0.05) is 23.0 Å². The molecule has 1 aromatic carbocycles. The van der Waals surface area contributed by atoms with Gasteiger partial charge < -0.3 is 10.1 Å². The van der Waals surface area contributed by atoms with Crippen LogP contribution in [-0.2, 0) is 0 Å². The van der Waals surface area contributed by atoms with Crippen molar-refractivity contribution in [3.8, 4) is 17.1 Å². The van der Waals surface area contributed by atoms with Crippen LogP contribution in [0.25, 0.3) is 11.4 Å². The van der Waals surface area contributed by atoms with E-state index in [2.05, 4.69) is 22.2 Å². The van der Waals surface area contributed by atoms with Crippen molar-refractivity contribution >= 4 is 0 Å². The molecule has 0 aliphatic carbocycles. The van der Waals surface area contributed by atoms with Crippen LogP contribution in [0.3, 0.4) is 0 Å². The third-order valence-electron chi connectivity index (χ3n) is 4.36. The van der Waals surface area contributed by atoms with Gasteiger partial charge in [-0.15, -0.1) is 0 Å². The van der Waals surface area contributed by atoms with E-state index in [1.807, 2.05) is 38.1 Å². The van der Waals surface area contributed by atoms with E-state index in [-0.39, 0.29) is 0 Å². The van der Waals surface area contributed by atoms with Crippen LogP contribution in [0, 0.1) is 20.8 Å².